The summed E-state index contributed by atoms with van der Waals surface area (Å²) >= 11 is 0. The number of nitro groups is 1. The molecular weight excluding hydrogens is 359 g/mol. The van der Waals surface area contributed by atoms with E-state index in [1.165, 1.54) is 0 Å². The molecule has 1 amide bonds. The molecule has 0 atom stereocenters. The third-order valence-electron chi connectivity index (χ3n) is 3.48. The Morgan fingerprint density at radius 3 is 2.56 bits per heavy atom. The summed E-state index contributed by atoms with van der Waals surface area (Å²) in [5.41, 5.74) is 1.14. The lowest BCUT2D eigenvalue weighted by Gasteiger charge is -2.10. The van der Waals surface area contributed by atoms with Gasteiger partial charge in [0.15, 0.2) is 13.2 Å². The van der Waals surface area contributed by atoms with Gasteiger partial charge in [-0.2, -0.15) is 0 Å². The predicted octanol–water partition coefficient (Wildman–Crippen LogP) is 2.91. The zero-order valence-electron chi connectivity index (χ0n) is 14.7. The van der Waals surface area contributed by atoms with Crippen molar-refractivity contribution >= 4 is 23.3 Å². The normalized spacial score (nSPS) is 10.2. The summed E-state index contributed by atoms with van der Waals surface area (Å²) in [5, 5.41) is 12.8. The predicted molar refractivity (Wildman–Crippen MR) is 94.1 cm³/mol. The number of aryl methyl sites for hydroxylation is 2. The summed E-state index contributed by atoms with van der Waals surface area (Å²) in [4.78, 5) is 33.4. The molecule has 2 aromatic carbocycles. The Kier molecular flexibility index (Phi) is 6.42. The summed E-state index contributed by atoms with van der Waals surface area (Å²) in [6, 6.07) is 8.14. The van der Waals surface area contributed by atoms with Gasteiger partial charge in [-0.05, 0) is 31.5 Å². The average Bonchev–Trinajstić information content (AvgIpc) is 2.61. The van der Waals surface area contributed by atoms with Gasteiger partial charge in [0.1, 0.15) is 11.6 Å². The number of benzene rings is 2. The van der Waals surface area contributed by atoms with E-state index in [1.54, 1.807) is 6.07 Å². The fourth-order valence-corrected chi connectivity index (χ4v) is 2.19. The smallest absolute Gasteiger partial charge is 0.344 e. The van der Waals surface area contributed by atoms with Crippen LogP contribution in [0.15, 0.2) is 36.4 Å². The fourth-order valence-electron chi connectivity index (χ4n) is 2.19. The summed E-state index contributed by atoms with van der Waals surface area (Å²) in [5.74, 6) is -1.96. The number of rotatable bonds is 7. The van der Waals surface area contributed by atoms with E-state index in [0.717, 1.165) is 29.3 Å². The quantitative estimate of drug-likeness (QED) is 0.452. The Labute approximate surface area is 154 Å². The number of nitro benzene ring substituents is 1. The summed E-state index contributed by atoms with van der Waals surface area (Å²) in [7, 11) is 0. The van der Waals surface area contributed by atoms with E-state index in [9.17, 15) is 24.1 Å². The second-order valence-corrected chi connectivity index (χ2v) is 5.69. The summed E-state index contributed by atoms with van der Waals surface area (Å²) in [6.45, 7) is 2.67. The van der Waals surface area contributed by atoms with Crippen LogP contribution in [0.5, 0.6) is 5.75 Å². The van der Waals surface area contributed by atoms with Crippen LogP contribution >= 0.6 is 0 Å². The van der Waals surface area contributed by atoms with Gasteiger partial charge in [0.2, 0.25) is 0 Å². The third-order valence-corrected chi connectivity index (χ3v) is 3.48. The molecular formula is C18H17FN2O6. The number of ether oxygens (including phenoxy) is 2. The van der Waals surface area contributed by atoms with Crippen molar-refractivity contribution in [3.8, 4) is 5.75 Å². The van der Waals surface area contributed by atoms with Gasteiger partial charge in [-0.15, -0.1) is 0 Å². The largest absolute Gasteiger partial charge is 0.482 e. The van der Waals surface area contributed by atoms with Crippen molar-refractivity contribution in [2.45, 2.75) is 13.8 Å². The van der Waals surface area contributed by atoms with E-state index in [2.05, 4.69) is 5.32 Å². The number of hydrogen-bond donors (Lipinski definition) is 1. The standard InChI is InChI=1S/C18H17FN2O6/c1-11-3-6-16(12(2)7-11)26-10-18(23)27-9-17(22)20-15-8-13(21(24)25)4-5-14(15)19/h3-8H,9-10H2,1-2H3,(H,20,22). The maximum Gasteiger partial charge on any atom is 0.344 e. The molecule has 1 N–H and O–H groups in total. The minimum absolute atomic E-state index is 0.378. The first-order chi connectivity index (χ1) is 12.8. The van der Waals surface area contributed by atoms with E-state index in [-0.39, 0.29) is 11.4 Å². The van der Waals surface area contributed by atoms with Crippen LogP contribution in [0.2, 0.25) is 0 Å². The molecule has 0 aromatic heterocycles. The lowest BCUT2D eigenvalue weighted by molar-refractivity contribution is -0.384. The molecule has 0 aliphatic rings. The van der Waals surface area contributed by atoms with Gasteiger partial charge in [-0.1, -0.05) is 17.7 Å². The van der Waals surface area contributed by atoms with Crippen molar-refractivity contribution < 1.29 is 28.4 Å². The molecule has 9 heteroatoms. The first kappa shape index (κ1) is 19.8. The highest BCUT2D eigenvalue weighted by Crippen LogP contribution is 2.21. The second-order valence-electron chi connectivity index (χ2n) is 5.69. The molecule has 0 heterocycles. The molecule has 8 nitrogen and oxygen atoms in total. The molecule has 2 rings (SSSR count). The van der Waals surface area contributed by atoms with Crippen molar-refractivity contribution in [3.05, 3.63) is 63.5 Å². The van der Waals surface area contributed by atoms with Crippen LogP contribution in [0.25, 0.3) is 0 Å². The Balaban J connectivity index is 1.84. The zero-order valence-corrected chi connectivity index (χ0v) is 14.7. The summed E-state index contributed by atoms with van der Waals surface area (Å²) < 4.78 is 23.7. The number of nitrogens with zero attached hydrogens (tertiary/aromatic N) is 1. The SMILES string of the molecule is Cc1ccc(OCC(=O)OCC(=O)Nc2cc([N+](=O)[O-])ccc2F)c(C)c1. The van der Waals surface area contributed by atoms with Crippen LogP contribution in [0.3, 0.4) is 0 Å². The molecule has 0 saturated carbocycles. The highest BCUT2D eigenvalue weighted by molar-refractivity contribution is 5.93. The second kappa shape index (κ2) is 8.75. The highest BCUT2D eigenvalue weighted by Gasteiger charge is 2.15. The number of halogens is 1. The van der Waals surface area contributed by atoms with Gasteiger partial charge in [0.05, 0.1) is 10.6 Å². The zero-order chi connectivity index (χ0) is 20.0. The Bertz CT molecular complexity index is 884. The van der Waals surface area contributed by atoms with E-state index in [4.69, 9.17) is 9.47 Å². The molecule has 0 unspecified atom stereocenters. The number of anilines is 1. The van der Waals surface area contributed by atoms with Gasteiger partial charge in [0.25, 0.3) is 11.6 Å². The van der Waals surface area contributed by atoms with Crippen LogP contribution < -0.4 is 10.1 Å². The molecule has 142 valence electrons. The van der Waals surface area contributed by atoms with Crippen LogP contribution in [0.1, 0.15) is 11.1 Å². The molecule has 27 heavy (non-hydrogen) atoms. The Morgan fingerprint density at radius 2 is 1.89 bits per heavy atom. The lowest BCUT2D eigenvalue weighted by atomic mass is 10.1. The van der Waals surface area contributed by atoms with Gasteiger partial charge < -0.3 is 14.8 Å². The molecule has 0 spiro atoms. The summed E-state index contributed by atoms with van der Waals surface area (Å²) in [6.07, 6.45) is 0. The van der Waals surface area contributed by atoms with Gasteiger partial charge in [0, 0.05) is 12.1 Å². The minimum Gasteiger partial charge on any atom is -0.482 e. The monoisotopic (exact) mass is 376 g/mol. The van der Waals surface area contributed by atoms with Crippen LogP contribution in [0, 0.1) is 29.8 Å². The number of hydrogen-bond acceptors (Lipinski definition) is 6. The number of amides is 1. The van der Waals surface area contributed by atoms with Gasteiger partial charge >= 0.3 is 5.97 Å². The molecule has 0 bridgehead atoms. The maximum absolute atomic E-state index is 13.6. The maximum atomic E-state index is 13.6. The molecule has 0 saturated heterocycles. The fraction of sp³-hybridized carbons (Fsp3) is 0.222. The van der Waals surface area contributed by atoms with Crippen LogP contribution in [-0.4, -0.2) is 30.0 Å². The van der Waals surface area contributed by atoms with Crippen molar-refractivity contribution in [2.24, 2.45) is 0 Å². The van der Waals surface area contributed by atoms with Crippen molar-refractivity contribution in [3.63, 3.8) is 0 Å². The lowest BCUT2D eigenvalue weighted by Crippen LogP contribution is -2.24. The van der Waals surface area contributed by atoms with Crippen LogP contribution in [0.4, 0.5) is 15.8 Å². The topological polar surface area (TPSA) is 108 Å². The van der Waals surface area contributed by atoms with Gasteiger partial charge in [-0.25, -0.2) is 9.18 Å². The highest BCUT2D eigenvalue weighted by atomic mass is 19.1. The van der Waals surface area contributed by atoms with E-state index in [0.29, 0.717) is 5.75 Å². The van der Waals surface area contributed by atoms with Crippen molar-refractivity contribution in [1.29, 1.82) is 0 Å². The molecule has 0 aliphatic carbocycles. The average molecular weight is 376 g/mol. The number of carbonyl (C=O) groups excluding carboxylic acids is 2. The first-order valence-corrected chi connectivity index (χ1v) is 7.85. The van der Waals surface area contributed by atoms with E-state index < -0.39 is 35.8 Å². The first-order valence-electron chi connectivity index (χ1n) is 7.85. The van der Waals surface area contributed by atoms with E-state index in [1.807, 2.05) is 26.0 Å². The minimum atomic E-state index is -0.849. The third kappa shape index (κ3) is 5.77. The number of carbonyl (C=O) groups is 2. The number of nitrogens with one attached hydrogen (secondary N) is 1. The molecule has 2 aromatic rings. The van der Waals surface area contributed by atoms with Crippen molar-refractivity contribution in [1.82, 2.24) is 0 Å². The van der Waals surface area contributed by atoms with Gasteiger partial charge in [-0.3, -0.25) is 14.9 Å². The molecule has 0 radical (unpaired) electrons. The number of esters is 1. The molecule has 0 fully saturated rings. The Morgan fingerprint density at radius 1 is 1.15 bits per heavy atom. The van der Waals surface area contributed by atoms with Crippen molar-refractivity contribution in [2.75, 3.05) is 18.5 Å². The van der Waals surface area contributed by atoms with E-state index >= 15 is 0 Å². The Hall–Kier alpha value is -3.49. The van der Waals surface area contributed by atoms with Crippen LogP contribution in [-0.2, 0) is 14.3 Å². The molecule has 0 aliphatic heterocycles. The number of non-ortho nitro benzene ring substituents is 1.